The standard InChI is InChI=1S/C19H31N5O2/c1-3-16-7-5-6-12-24(16)17-8-11-20-18(22-17)21-15-9-13-23(14-10-15)19(25)26-4-2/h8,11,15-16H,3-7,9-10,12-14H2,1-2H3,(H,20,21,22). The predicted octanol–water partition coefficient (Wildman–Crippen LogP) is 3.28. The first-order valence-corrected chi connectivity index (χ1v) is 9.99. The zero-order valence-electron chi connectivity index (χ0n) is 16.0. The molecule has 0 radical (unpaired) electrons. The van der Waals surface area contributed by atoms with Crippen LogP contribution in [0.15, 0.2) is 12.3 Å². The second-order valence-electron chi connectivity index (χ2n) is 7.09. The summed E-state index contributed by atoms with van der Waals surface area (Å²) in [6, 6.07) is 2.89. The molecule has 2 fully saturated rings. The Hall–Kier alpha value is -2.05. The molecule has 7 heteroatoms. The van der Waals surface area contributed by atoms with E-state index < -0.39 is 0 Å². The Bertz CT molecular complexity index is 589. The van der Waals surface area contributed by atoms with Gasteiger partial charge in [0, 0.05) is 37.9 Å². The van der Waals surface area contributed by atoms with Crippen LogP contribution in [0.5, 0.6) is 0 Å². The molecule has 2 saturated heterocycles. The number of nitrogens with zero attached hydrogens (tertiary/aromatic N) is 4. The first-order valence-electron chi connectivity index (χ1n) is 9.99. The number of carbonyl (C=O) groups excluding carboxylic acids is 1. The average molecular weight is 361 g/mol. The summed E-state index contributed by atoms with van der Waals surface area (Å²) in [6.45, 7) is 7.00. The maximum atomic E-state index is 11.8. The molecule has 2 aliphatic rings. The van der Waals surface area contributed by atoms with Crippen molar-refractivity contribution in [2.45, 2.75) is 64.5 Å². The topological polar surface area (TPSA) is 70.6 Å². The van der Waals surface area contributed by atoms with Crippen molar-refractivity contribution in [3.8, 4) is 0 Å². The number of nitrogens with one attached hydrogen (secondary N) is 1. The minimum absolute atomic E-state index is 0.208. The Kier molecular flexibility index (Phi) is 6.52. The number of carbonyl (C=O) groups is 1. The van der Waals surface area contributed by atoms with Crippen LogP contribution in [0, 0.1) is 0 Å². The van der Waals surface area contributed by atoms with Crippen molar-refractivity contribution in [1.82, 2.24) is 14.9 Å². The van der Waals surface area contributed by atoms with E-state index in [4.69, 9.17) is 9.72 Å². The molecule has 0 bridgehead atoms. The highest BCUT2D eigenvalue weighted by Gasteiger charge is 2.25. The summed E-state index contributed by atoms with van der Waals surface area (Å²) >= 11 is 0. The lowest BCUT2D eigenvalue weighted by atomic mass is 10.0. The molecule has 1 atom stereocenters. The molecule has 144 valence electrons. The summed E-state index contributed by atoms with van der Waals surface area (Å²) in [5, 5.41) is 3.46. The maximum Gasteiger partial charge on any atom is 0.409 e. The molecule has 1 N–H and O–H groups in total. The number of rotatable bonds is 5. The molecule has 1 unspecified atom stereocenters. The summed E-state index contributed by atoms with van der Waals surface area (Å²) in [5.41, 5.74) is 0. The molecule has 1 amide bonds. The smallest absolute Gasteiger partial charge is 0.409 e. The van der Waals surface area contributed by atoms with Crippen molar-refractivity contribution >= 4 is 17.9 Å². The fourth-order valence-corrected chi connectivity index (χ4v) is 3.91. The third-order valence-corrected chi connectivity index (χ3v) is 5.39. The Balaban J connectivity index is 1.57. The van der Waals surface area contributed by atoms with Gasteiger partial charge in [0.1, 0.15) is 5.82 Å². The summed E-state index contributed by atoms with van der Waals surface area (Å²) in [5.74, 6) is 1.72. The van der Waals surface area contributed by atoms with Crippen molar-refractivity contribution in [2.75, 3.05) is 36.5 Å². The van der Waals surface area contributed by atoms with Crippen molar-refractivity contribution in [3.05, 3.63) is 12.3 Å². The molecule has 0 saturated carbocycles. The van der Waals surface area contributed by atoms with Crippen LogP contribution < -0.4 is 10.2 Å². The Morgan fingerprint density at radius 2 is 2.04 bits per heavy atom. The quantitative estimate of drug-likeness (QED) is 0.868. The lowest BCUT2D eigenvalue weighted by molar-refractivity contribution is 0.0983. The number of hydrogen-bond donors (Lipinski definition) is 1. The molecule has 0 aromatic carbocycles. The van der Waals surface area contributed by atoms with E-state index in [1.165, 1.54) is 19.3 Å². The van der Waals surface area contributed by atoms with Crippen LogP contribution in [0.3, 0.4) is 0 Å². The van der Waals surface area contributed by atoms with E-state index in [1.807, 2.05) is 19.2 Å². The van der Waals surface area contributed by atoms with Crippen LogP contribution in [0.2, 0.25) is 0 Å². The summed E-state index contributed by atoms with van der Waals surface area (Å²) < 4.78 is 5.07. The fraction of sp³-hybridized carbons (Fsp3) is 0.737. The number of likely N-dealkylation sites (tertiary alicyclic amines) is 1. The third kappa shape index (κ3) is 4.56. The van der Waals surface area contributed by atoms with E-state index >= 15 is 0 Å². The van der Waals surface area contributed by atoms with Gasteiger partial charge in [0.05, 0.1) is 6.61 Å². The molecule has 1 aromatic heterocycles. The van der Waals surface area contributed by atoms with Crippen LogP contribution in [0.1, 0.15) is 52.4 Å². The van der Waals surface area contributed by atoms with E-state index in [-0.39, 0.29) is 6.09 Å². The Morgan fingerprint density at radius 1 is 1.23 bits per heavy atom. The normalized spacial score (nSPS) is 21.5. The average Bonchev–Trinajstić information content (AvgIpc) is 2.69. The molecular formula is C19H31N5O2. The van der Waals surface area contributed by atoms with E-state index in [2.05, 4.69) is 22.1 Å². The van der Waals surface area contributed by atoms with Crippen molar-refractivity contribution in [3.63, 3.8) is 0 Å². The van der Waals surface area contributed by atoms with Gasteiger partial charge in [-0.2, -0.15) is 4.98 Å². The van der Waals surface area contributed by atoms with Crippen LogP contribution in [-0.4, -0.2) is 59.3 Å². The molecule has 1 aromatic rings. The van der Waals surface area contributed by atoms with Gasteiger partial charge in [0.2, 0.25) is 5.95 Å². The maximum absolute atomic E-state index is 11.8. The molecule has 2 aliphatic heterocycles. The van der Waals surface area contributed by atoms with Gasteiger partial charge in [0.15, 0.2) is 0 Å². The van der Waals surface area contributed by atoms with Gasteiger partial charge in [-0.25, -0.2) is 9.78 Å². The van der Waals surface area contributed by atoms with Gasteiger partial charge < -0.3 is 19.9 Å². The summed E-state index contributed by atoms with van der Waals surface area (Å²) in [4.78, 5) is 25.2. The first kappa shape index (κ1) is 18.7. The fourth-order valence-electron chi connectivity index (χ4n) is 3.91. The summed E-state index contributed by atoms with van der Waals surface area (Å²) in [7, 11) is 0. The van der Waals surface area contributed by atoms with E-state index in [1.54, 1.807) is 4.90 Å². The molecule has 0 aliphatic carbocycles. The van der Waals surface area contributed by atoms with Crippen molar-refractivity contribution in [2.24, 2.45) is 0 Å². The van der Waals surface area contributed by atoms with Crippen LogP contribution in [-0.2, 0) is 4.74 Å². The minimum Gasteiger partial charge on any atom is -0.450 e. The lowest BCUT2D eigenvalue weighted by Crippen LogP contribution is -2.43. The highest BCUT2D eigenvalue weighted by atomic mass is 16.6. The van der Waals surface area contributed by atoms with Gasteiger partial charge in [-0.1, -0.05) is 6.92 Å². The van der Waals surface area contributed by atoms with Gasteiger partial charge >= 0.3 is 6.09 Å². The zero-order valence-corrected chi connectivity index (χ0v) is 16.0. The SMILES string of the molecule is CCOC(=O)N1CCC(Nc2nccc(N3CCCCC3CC)n2)CC1. The Labute approximate surface area is 156 Å². The van der Waals surface area contributed by atoms with Crippen molar-refractivity contribution < 1.29 is 9.53 Å². The predicted molar refractivity (Wildman–Crippen MR) is 103 cm³/mol. The van der Waals surface area contributed by atoms with Gasteiger partial charge in [-0.3, -0.25) is 0 Å². The molecule has 26 heavy (non-hydrogen) atoms. The Morgan fingerprint density at radius 3 is 2.77 bits per heavy atom. The van der Waals surface area contributed by atoms with Crippen LogP contribution >= 0.6 is 0 Å². The number of aromatic nitrogens is 2. The minimum atomic E-state index is -0.208. The van der Waals surface area contributed by atoms with Gasteiger partial charge in [-0.05, 0) is 51.5 Å². The van der Waals surface area contributed by atoms with Crippen LogP contribution in [0.4, 0.5) is 16.6 Å². The first-order chi connectivity index (χ1) is 12.7. The second kappa shape index (κ2) is 9.05. The van der Waals surface area contributed by atoms with E-state index in [0.29, 0.717) is 37.7 Å². The number of ether oxygens (including phenoxy) is 1. The highest BCUT2D eigenvalue weighted by Crippen LogP contribution is 2.25. The largest absolute Gasteiger partial charge is 0.450 e. The van der Waals surface area contributed by atoms with Crippen molar-refractivity contribution in [1.29, 1.82) is 0 Å². The van der Waals surface area contributed by atoms with Gasteiger partial charge in [0.25, 0.3) is 0 Å². The third-order valence-electron chi connectivity index (χ3n) is 5.39. The lowest BCUT2D eigenvalue weighted by Gasteiger charge is -2.36. The van der Waals surface area contributed by atoms with Crippen LogP contribution in [0.25, 0.3) is 0 Å². The molecule has 3 rings (SSSR count). The number of anilines is 2. The number of piperidine rings is 2. The molecule has 0 spiro atoms. The number of amides is 1. The highest BCUT2D eigenvalue weighted by molar-refractivity contribution is 5.67. The second-order valence-corrected chi connectivity index (χ2v) is 7.09. The number of hydrogen-bond acceptors (Lipinski definition) is 6. The molecule has 3 heterocycles. The monoisotopic (exact) mass is 361 g/mol. The molecule has 7 nitrogen and oxygen atoms in total. The zero-order chi connectivity index (χ0) is 18.4. The molecular weight excluding hydrogens is 330 g/mol. The van der Waals surface area contributed by atoms with Gasteiger partial charge in [-0.15, -0.1) is 0 Å². The van der Waals surface area contributed by atoms with E-state index in [0.717, 1.165) is 31.6 Å². The van der Waals surface area contributed by atoms with E-state index in [9.17, 15) is 4.79 Å². The summed E-state index contributed by atoms with van der Waals surface area (Å²) in [6.07, 6.45) is 8.34.